The molecule has 0 aliphatic carbocycles. The highest BCUT2D eigenvalue weighted by molar-refractivity contribution is 5.95. The molecule has 0 bridgehead atoms. The van der Waals surface area contributed by atoms with Gasteiger partial charge in [-0.05, 0) is 68.3 Å². The number of carbonyl (C=O) groups is 2. The van der Waals surface area contributed by atoms with Crippen LogP contribution in [0.2, 0.25) is 0 Å². The quantitative estimate of drug-likeness (QED) is 0.668. The molecule has 31 heavy (non-hydrogen) atoms. The number of carbonyl (C=O) groups excluding carboxylic acids is 2. The van der Waals surface area contributed by atoms with Gasteiger partial charge in [-0.25, -0.2) is 0 Å². The molecule has 0 radical (unpaired) electrons. The Kier molecular flexibility index (Phi) is 7.89. The van der Waals surface area contributed by atoms with E-state index in [0.29, 0.717) is 13.2 Å². The number of likely N-dealkylation sites (tertiary alicyclic amines) is 1. The van der Waals surface area contributed by atoms with Crippen LogP contribution in [0.25, 0.3) is 0 Å². The molecular weight excluding hydrogens is 394 g/mol. The monoisotopic (exact) mass is 425 g/mol. The van der Waals surface area contributed by atoms with Gasteiger partial charge in [0.2, 0.25) is 11.8 Å². The van der Waals surface area contributed by atoms with Gasteiger partial charge >= 0.3 is 0 Å². The van der Waals surface area contributed by atoms with E-state index in [9.17, 15) is 9.59 Å². The highest BCUT2D eigenvalue weighted by Gasteiger charge is 2.32. The molecular formula is C24H31N3O4. The number of anilines is 1. The zero-order valence-electron chi connectivity index (χ0n) is 18.5. The van der Waals surface area contributed by atoms with Crippen molar-refractivity contribution in [3.05, 3.63) is 54.1 Å². The third-order valence-corrected chi connectivity index (χ3v) is 5.44. The average molecular weight is 426 g/mol. The zero-order valence-corrected chi connectivity index (χ0v) is 18.5. The minimum absolute atomic E-state index is 0.00182. The minimum Gasteiger partial charge on any atom is -0.497 e. The molecule has 1 fully saturated rings. The second-order valence-electron chi connectivity index (χ2n) is 7.67. The van der Waals surface area contributed by atoms with Gasteiger partial charge in [0, 0.05) is 19.3 Å². The molecule has 1 saturated heterocycles. The van der Waals surface area contributed by atoms with Crippen molar-refractivity contribution in [3.63, 3.8) is 0 Å². The smallest absolute Gasteiger partial charge is 0.241 e. The second-order valence-corrected chi connectivity index (χ2v) is 7.67. The van der Waals surface area contributed by atoms with E-state index in [0.717, 1.165) is 42.1 Å². The van der Waals surface area contributed by atoms with Gasteiger partial charge in [-0.2, -0.15) is 0 Å². The van der Waals surface area contributed by atoms with Crippen molar-refractivity contribution in [1.82, 2.24) is 9.80 Å². The van der Waals surface area contributed by atoms with Crippen LogP contribution in [0, 0.1) is 0 Å². The van der Waals surface area contributed by atoms with Gasteiger partial charge < -0.3 is 19.7 Å². The van der Waals surface area contributed by atoms with Crippen LogP contribution in [0.3, 0.4) is 0 Å². The maximum atomic E-state index is 12.8. The fraction of sp³-hybridized carbons (Fsp3) is 0.417. The van der Waals surface area contributed by atoms with E-state index in [-0.39, 0.29) is 24.4 Å². The summed E-state index contributed by atoms with van der Waals surface area (Å²) in [4.78, 5) is 29.2. The molecule has 0 saturated carbocycles. The number of ether oxygens (including phenoxy) is 2. The van der Waals surface area contributed by atoms with Gasteiger partial charge in [0.15, 0.2) is 0 Å². The predicted octanol–water partition coefficient (Wildman–Crippen LogP) is 3.16. The van der Waals surface area contributed by atoms with Crippen molar-refractivity contribution >= 4 is 17.5 Å². The Balaban J connectivity index is 1.53. The summed E-state index contributed by atoms with van der Waals surface area (Å²) < 4.78 is 10.6. The van der Waals surface area contributed by atoms with Crippen molar-refractivity contribution in [2.45, 2.75) is 32.4 Å². The lowest BCUT2D eigenvalue weighted by Crippen LogP contribution is -2.45. The summed E-state index contributed by atoms with van der Waals surface area (Å²) >= 11 is 0. The molecule has 1 unspecified atom stereocenters. The SMILES string of the molecule is CCOc1ccc(CN(C)C(=O)CN2CCCC2C(=O)Nc2ccc(OC)cc2)cc1. The molecule has 2 aromatic rings. The van der Waals surface area contributed by atoms with Crippen molar-refractivity contribution in [1.29, 1.82) is 0 Å². The highest BCUT2D eigenvalue weighted by atomic mass is 16.5. The summed E-state index contributed by atoms with van der Waals surface area (Å²) in [5.41, 5.74) is 1.76. The summed E-state index contributed by atoms with van der Waals surface area (Å²) in [5.74, 6) is 1.48. The van der Waals surface area contributed by atoms with Crippen molar-refractivity contribution in [2.24, 2.45) is 0 Å². The fourth-order valence-corrected chi connectivity index (χ4v) is 3.73. The Bertz CT molecular complexity index is 867. The lowest BCUT2D eigenvalue weighted by molar-refractivity contribution is -0.132. The van der Waals surface area contributed by atoms with Gasteiger partial charge in [-0.1, -0.05) is 12.1 Å². The molecule has 1 aliphatic rings. The Morgan fingerprint density at radius 3 is 2.42 bits per heavy atom. The van der Waals surface area contributed by atoms with Gasteiger partial charge in [-0.3, -0.25) is 14.5 Å². The van der Waals surface area contributed by atoms with E-state index in [2.05, 4.69) is 5.32 Å². The molecule has 1 heterocycles. The van der Waals surface area contributed by atoms with Crippen LogP contribution >= 0.6 is 0 Å². The average Bonchev–Trinajstić information content (AvgIpc) is 3.24. The first-order valence-corrected chi connectivity index (χ1v) is 10.6. The number of benzene rings is 2. The van der Waals surface area contributed by atoms with Crippen LogP contribution in [0.15, 0.2) is 48.5 Å². The molecule has 2 amide bonds. The third kappa shape index (κ3) is 6.21. The summed E-state index contributed by atoms with van der Waals surface area (Å²) in [6, 6.07) is 14.7. The number of nitrogens with one attached hydrogen (secondary N) is 1. The van der Waals surface area contributed by atoms with Crippen LogP contribution in [-0.4, -0.2) is 61.5 Å². The molecule has 2 aromatic carbocycles. The minimum atomic E-state index is -0.301. The van der Waals surface area contributed by atoms with Crippen LogP contribution < -0.4 is 14.8 Å². The second kappa shape index (κ2) is 10.8. The fourth-order valence-electron chi connectivity index (χ4n) is 3.73. The van der Waals surface area contributed by atoms with Crippen LogP contribution in [0.4, 0.5) is 5.69 Å². The number of hydrogen-bond donors (Lipinski definition) is 1. The Labute approximate surface area is 183 Å². The summed E-state index contributed by atoms with van der Waals surface area (Å²) in [5, 5.41) is 2.95. The number of rotatable bonds is 9. The van der Waals surface area contributed by atoms with Crippen LogP contribution in [-0.2, 0) is 16.1 Å². The van der Waals surface area contributed by atoms with Crippen LogP contribution in [0.5, 0.6) is 11.5 Å². The third-order valence-electron chi connectivity index (χ3n) is 5.44. The molecule has 166 valence electrons. The van der Waals surface area contributed by atoms with Crippen LogP contribution in [0.1, 0.15) is 25.3 Å². The van der Waals surface area contributed by atoms with E-state index >= 15 is 0 Å². The zero-order chi connectivity index (χ0) is 22.2. The summed E-state index contributed by atoms with van der Waals surface area (Å²) in [6.45, 7) is 4.06. The summed E-state index contributed by atoms with van der Waals surface area (Å²) in [7, 11) is 3.40. The maximum Gasteiger partial charge on any atom is 0.241 e. The van der Waals surface area contributed by atoms with Gasteiger partial charge in [0.25, 0.3) is 0 Å². The number of hydrogen-bond acceptors (Lipinski definition) is 5. The predicted molar refractivity (Wildman–Crippen MR) is 120 cm³/mol. The first-order chi connectivity index (χ1) is 15.0. The van der Waals surface area contributed by atoms with Crippen molar-refractivity contribution < 1.29 is 19.1 Å². The number of likely N-dealkylation sites (N-methyl/N-ethyl adjacent to an activating group) is 1. The first kappa shape index (κ1) is 22.6. The Hall–Kier alpha value is -3.06. The number of methoxy groups -OCH3 is 1. The molecule has 3 rings (SSSR count). The molecule has 7 nitrogen and oxygen atoms in total. The molecule has 1 atom stereocenters. The standard InChI is InChI=1S/C24H31N3O4/c1-4-31-21-11-7-18(8-12-21)16-26(2)23(28)17-27-15-5-6-22(27)24(29)25-19-9-13-20(30-3)14-10-19/h7-14,22H,4-6,15-17H2,1-3H3,(H,25,29). The summed E-state index contributed by atoms with van der Waals surface area (Å²) in [6.07, 6.45) is 1.65. The molecule has 7 heteroatoms. The molecule has 1 aliphatic heterocycles. The molecule has 1 N–H and O–H groups in total. The maximum absolute atomic E-state index is 12.8. The van der Waals surface area contributed by atoms with Gasteiger partial charge in [0.1, 0.15) is 11.5 Å². The van der Waals surface area contributed by atoms with Crippen molar-refractivity contribution in [3.8, 4) is 11.5 Å². The first-order valence-electron chi connectivity index (χ1n) is 10.6. The Morgan fingerprint density at radius 2 is 1.77 bits per heavy atom. The Morgan fingerprint density at radius 1 is 1.10 bits per heavy atom. The van der Waals surface area contributed by atoms with E-state index < -0.39 is 0 Å². The largest absolute Gasteiger partial charge is 0.497 e. The number of nitrogens with zero attached hydrogens (tertiary/aromatic N) is 2. The lowest BCUT2D eigenvalue weighted by Gasteiger charge is -2.26. The van der Waals surface area contributed by atoms with E-state index in [1.54, 1.807) is 31.2 Å². The molecule has 0 aromatic heterocycles. The van der Waals surface area contributed by atoms with Gasteiger partial charge in [0.05, 0.1) is 26.3 Å². The van der Waals surface area contributed by atoms with E-state index in [1.165, 1.54) is 0 Å². The van der Waals surface area contributed by atoms with Gasteiger partial charge in [-0.15, -0.1) is 0 Å². The lowest BCUT2D eigenvalue weighted by atomic mass is 10.2. The van der Waals surface area contributed by atoms with Crippen molar-refractivity contribution in [2.75, 3.05) is 39.2 Å². The number of amides is 2. The molecule has 0 spiro atoms. The normalized spacial score (nSPS) is 16.0. The van der Waals surface area contributed by atoms with E-state index in [4.69, 9.17) is 9.47 Å². The topological polar surface area (TPSA) is 71.1 Å². The van der Waals surface area contributed by atoms with E-state index in [1.807, 2.05) is 48.2 Å². The highest BCUT2D eigenvalue weighted by Crippen LogP contribution is 2.21.